The van der Waals surface area contributed by atoms with Gasteiger partial charge in [0.1, 0.15) is 16.9 Å². The van der Waals surface area contributed by atoms with Crippen LogP contribution in [0.25, 0.3) is 0 Å². The summed E-state index contributed by atoms with van der Waals surface area (Å²) in [6.07, 6.45) is 0.905. The summed E-state index contributed by atoms with van der Waals surface area (Å²) in [7, 11) is 0. The second kappa shape index (κ2) is 8.99. The van der Waals surface area contributed by atoms with E-state index in [1.54, 1.807) is 0 Å². The van der Waals surface area contributed by atoms with E-state index in [4.69, 9.17) is 26.3 Å². The number of ether oxygens (including phenoxy) is 2. The zero-order valence-electron chi connectivity index (χ0n) is 12.1. The number of hydrogen-bond donors (Lipinski definition) is 0. The van der Waals surface area contributed by atoms with Crippen molar-refractivity contribution in [2.45, 2.75) is 33.1 Å². The van der Waals surface area contributed by atoms with Crippen LogP contribution < -0.4 is 9.47 Å². The Hall–Kier alpha value is -1.05. The molecule has 0 aliphatic heterocycles. The Morgan fingerprint density at radius 2 is 1.90 bits per heavy atom. The third-order valence-electron chi connectivity index (χ3n) is 2.91. The molecule has 0 aliphatic rings. The highest BCUT2D eigenvalue weighted by molar-refractivity contribution is 8.03. The van der Waals surface area contributed by atoms with Gasteiger partial charge in [-0.3, -0.25) is 0 Å². The first-order valence-electron chi connectivity index (χ1n) is 6.73. The molecule has 0 radical (unpaired) electrons. The van der Waals surface area contributed by atoms with E-state index >= 15 is 0 Å². The van der Waals surface area contributed by atoms with Crippen molar-refractivity contribution < 1.29 is 9.47 Å². The van der Waals surface area contributed by atoms with E-state index in [-0.39, 0.29) is 5.92 Å². The quantitative estimate of drug-likeness (QED) is 0.508. The fraction of sp³-hybridized carbons (Fsp3) is 0.533. The van der Waals surface area contributed by atoms with Gasteiger partial charge in [0.2, 0.25) is 0 Å². The molecule has 1 aromatic carbocycles. The van der Waals surface area contributed by atoms with Crippen molar-refractivity contribution in [3.63, 3.8) is 0 Å². The van der Waals surface area contributed by atoms with Crippen LogP contribution in [0.1, 0.15) is 38.7 Å². The maximum atomic E-state index is 8.58. The molecule has 110 valence electrons. The maximum absolute atomic E-state index is 8.58. The number of rotatable bonds is 8. The molecule has 0 amide bonds. The van der Waals surface area contributed by atoms with E-state index in [2.05, 4.69) is 12.3 Å². The van der Waals surface area contributed by atoms with Crippen molar-refractivity contribution in [3.8, 4) is 16.9 Å². The van der Waals surface area contributed by atoms with Crippen LogP contribution in [0.3, 0.4) is 0 Å². The Balaban J connectivity index is 2.98. The summed E-state index contributed by atoms with van der Waals surface area (Å²) < 4.78 is 11.2. The van der Waals surface area contributed by atoms with E-state index in [1.807, 2.05) is 26.0 Å². The highest BCUT2D eigenvalue weighted by Crippen LogP contribution is 2.38. The minimum atomic E-state index is 0.283. The Morgan fingerprint density at radius 3 is 2.50 bits per heavy atom. The molecule has 0 aromatic heterocycles. The Bertz CT molecular complexity index is 474. The zero-order valence-corrected chi connectivity index (χ0v) is 13.7. The Labute approximate surface area is 130 Å². The first kappa shape index (κ1) is 17.0. The lowest BCUT2D eigenvalue weighted by atomic mass is 9.97. The third kappa shape index (κ3) is 4.81. The molecule has 0 heterocycles. The van der Waals surface area contributed by atoms with Gasteiger partial charge in [-0.1, -0.05) is 18.5 Å². The van der Waals surface area contributed by atoms with E-state index in [9.17, 15) is 0 Å². The number of thiocyanates is 1. The van der Waals surface area contributed by atoms with Gasteiger partial charge in [0, 0.05) is 11.8 Å². The van der Waals surface area contributed by atoms with Crippen LogP contribution in [0, 0.1) is 10.7 Å². The van der Waals surface area contributed by atoms with Gasteiger partial charge in [-0.15, -0.1) is 0 Å². The molecule has 0 saturated carbocycles. The summed E-state index contributed by atoms with van der Waals surface area (Å²) in [5.74, 6) is 2.55. The molecule has 3 nitrogen and oxygen atoms in total. The second-order valence-electron chi connectivity index (χ2n) is 4.32. The summed E-state index contributed by atoms with van der Waals surface area (Å²) in [4.78, 5) is 0. The fourth-order valence-electron chi connectivity index (χ4n) is 1.92. The normalized spacial score (nSPS) is 11.8. The average Bonchev–Trinajstić information content (AvgIpc) is 2.43. The number of nitriles is 1. The lowest BCUT2D eigenvalue weighted by Crippen LogP contribution is -2.03. The van der Waals surface area contributed by atoms with Crippen LogP contribution in [0.4, 0.5) is 0 Å². The highest BCUT2D eigenvalue weighted by Gasteiger charge is 2.16. The Morgan fingerprint density at radius 1 is 1.25 bits per heavy atom. The SMILES string of the molecule is CCOc1cc(OCC)c(C(C)CCSC#N)cc1Cl. The topological polar surface area (TPSA) is 42.2 Å². The summed E-state index contributed by atoms with van der Waals surface area (Å²) in [6, 6.07) is 3.78. The largest absolute Gasteiger partial charge is 0.493 e. The molecule has 1 atom stereocenters. The van der Waals surface area contributed by atoms with Crippen molar-refractivity contribution in [1.82, 2.24) is 0 Å². The zero-order chi connectivity index (χ0) is 15.0. The van der Waals surface area contributed by atoms with Crippen LogP contribution in [-0.2, 0) is 0 Å². The smallest absolute Gasteiger partial charge is 0.141 e. The van der Waals surface area contributed by atoms with E-state index in [0.29, 0.717) is 24.0 Å². The first-order chi connectivity index (χ1) is 9.63. The summed E-state index contributed by atoms with van der Waals surface area (Å²) in [6.45, 7) is 7.16. The summed E-state index contributed by atoms with van der Waals surface area (Å²) in [5, 5.41) is 11.3. The van der Waals surface area contributed by atoms with Gasteiger partial charge in [0.25, 0.3) is 0 Å². The van der Waals surface area contributed by atoms with Crippen LogP contribution >= 0.6 is 23.4 Å². The van der Waals surface area contributed by atoms with Crippen LogP contribution in [0.5, 0.6) is 11.5 Å². The minimum Gasteiger partial charge on any atom is -0.493 e. The molecule has 1 rings (SSSR count). The summed E-state index contributed by atoms with van der Waals surface area (Å²) in [5.41, 5.74) is 1.07. The molecule has 20 heavy (non-hydrogen) atoms. The van der Waals surface area contributed by atoms with Gasteiger partial charge < -0.3 is 9.47 Å². The molecular formula is C15H20ClNO2S. The number of benzene rings is 1. The van der Waals surface area contributed by atoms with Crippen molar-refractivity contribution in [2.24, 2.45) is 0 Å². The van der Waals surface area contributed by atoms with Crippen LogP contribution in [0.15, 0.2) is 12.1 Å². The molecule has 1 unspecified atom stereocenters. The molecule has 0 bridgehead atoms. The molecule has 1 aromatic rings. The Kier molecular flexibility index (Phi) is 7.64. The monoisotopic (exact) mass is 313 g/mol. The summed E-state index contributed by atoms with van der Waals surface area (Å²) >= 11 is 7.52. The van der Waals surface area contributed by atoms with Crippen LogP contribution in [0.2, 0.25) is 5.02 Å². The molecular weight excluding hydrogens is 294 g/mol. The third-order valence-corrected chi connectivity index (χ3v) is 3.78. The molecule has 5 heteroatoms. The molecule has 0 N–H and O–H groups in total. The molecule has 0 saturated heterocycles. The maximum Gasteiger partial charge on any atom is 0.141 e. The average molecular weight is 314 g/mol. The predicted molar refractivity (Wildman–Crippen MR) is 84.9 cm³/mol. The first-order valence-corrected chi connectivity index (χ1v) is 8.10. The lowest BCUT2D eigenvalue weighted by molar-refractivity contribution is 0.319. The molecule has 0 fully saturated rings. The van der Waals surface area contributed by atoms with Crippen molar-refractivity contribution in [1.29, 1.82) is 5.26 Å². The van der Waals surface area contributed by atoms with Gasteiger partial charge in [-0.25, -0.2) is 0 Å². The highest BCUT2D eigenvalue weighted by atomic mass is 35.5. The van der Waals surface area contributed by atoms with Gasteiger partial charge in [0.15, 0.2) is 0 Å². The molecule has 0 spiro atoms. The van der Waals surface area contributed by atoms with Crippen molar-refractivity contribution in [2.75, 3.05) is 19.0 Å². The number of hydrogen-bond acceptors (Lipinski definition) is 4. The van der Waals surface area contributed by atoms with Gasteiger partial charge in [-0.2, -0.15) is 5.26 Å². The van der Waals surface area contributed by atoms with E-state index in [0.717, 1.165) is 23.5 Å². The lowest BCUT2D eigenvalue weighted by Gasteiger charge is -2.18. The second-order valence-corrected chi connectivity index (χ2v) is 5.60. The van der Waals surface area contributed by atoms with Gasteiger partial charge in [-0.05, 0) is 49.6 Å². The van der Waals surface area contributed by atoms with Gasteiger partial charge in [0.05, 0.1) is 18.2 Å². The number of nitrogens with zero attached hydrogens (tertiary/aromatic N) is 1. The van der Waals surface area contributed by atoms with Crippen molar-refractivity contribution >= 4 is 23.4 Å². The van der Waals surface area contributed by atoms with E-state index in [1.165, 1.54) is 11.8 Å². The number of thioether (sulfide) groups is 1. The van der Waals surface area contributed by atoms with Gasteiger partial charge >= 0.3 is 0 Å². The van der Waals surface area contributed by atoms with E-state index < -0.39 is 0 Å². The predicted octanol–water partition coefficient (Wildman–Crippen LogP) is 4.85. The number of halogens is 1. The van der Waals surface area contributed by atoms with Crippen LogP contribution in [-0.4, -0.2) is 19.0 Å². The van der Waals surface area contributed by atoms with Crippen molar-refractivity contribution in [3.05, 3.63) is 22.7 Å². The standard InChI is InChI=1S/C15H20ClNO2S/c1-4-18-14-9-15(19-5-2)13(16)8-12(14)11(3)6-7-20-10-17/h8-9,11H,4-7H2,1-3H3. The molecule has 0 aliphatic carbocycles. The fourth-order valence-corrected chi connectivity index (χ4v) is 2.71. The minimum absolute atomic E-state index is 0.283.